The third kappa shape index (κ3) is 7.30. The first-order valence-electron chi connectivity index (χ1n) is 7.34. The van der Waals surface area contributed by atoms with Gasteiger partial charge in [0, 0.05) is 18.3 Å². The van der Waals surface area contributed by atoms with Crippen LogP contribution >= 0.6 is 17.0 Å². The van der Waals surface area contributed by atoms with Gasteiger partial charge in [-0.1, -0.05) is 25.3 Å². The molecule has 1 aliphatic carbocycles. The van der Waals surface area contributed by atoms with E-state index < -0.39 is 20.8 Å². The Morgan fingerprint density at radius 2 is 1.86 bits per heavy atom. The number of rotatable bonds is 3. The van der Waals surface area contributed by atoms with Crippen LogP contribution in [-0.2, 0) is 20.8 Å². The molecule has 1 aromatic rings. The van der Waals surface area contributed by atoms with Crippen molar-refractivity contribution < 1.29 is 26.0 Å². The summed E-state index contributed by atoms with van der Waals surface area (Å²) in [5.74, 6) is 1.12. The Kier molecular flexibility index (Phi) is 9.88. The molecule has 2 rings (SSSR count). The summed E-state index contributed by atoms with van der Waals surface area (Å²) in [6, 6.07) is 3.99. The third-order valence-electron chi connectivity index (χ3n) is 3.79. The normalized spacial score (nSPS) is 15.6. The van der Waals surface area contributed by atoms with Gasteiger partial charge < -0.3 is 5.11 Å². The fraction of sp³-hybridized carbons (Fsp3) is 0.562. The average molecular weight is 407 g/mol. The third-order valence-corrected chi connectivity index (χ3v) is 3.79. The average Bonchev–Trinajstić information content (AvgIpc) is 2.46. The van der Waals surface area contributed by atoms with E-state index >= 15 is 0 Å². The Hall–Kier alpha value is 0.153. The molecule has 2 nitrogen and oxygen atoms in total. The number of phenolic OH excluding ortho intramolecular Hbond substituents is 1. The first-order chi connectivity index (χ1) is 10.1. The summed E-state index contributed by atoms with van der Waals surface area (Å²) in [6.07, 6.45) is 8.57. The van der Waals surface area contributed by atoms with Crippen molar-refractivity contribution in [3.63, 3.8) is 0 Å². The molecule has 0 unspecified atom stereocenters. The number of benzene rings is 1. The van der Waals surface area contributed by atoms with E-state index in [0.29, 0.717) is 5.75 Å². The van der Waals surface area contributed by atoms with Crippen LogP contribution in [0.1, 0.15) is 48.8 Å². The fourth-order valence-corrected chi connectivity index (χ4v) is 2.76. The number of phenols is 1. The van der Waals surface area contributed by atoms with E-state index in [9.17, 15) is 5.11 Å². The Morgan fingerprint density at radius 1 is 1.24 bits per heavy atom. The standard InChI is InChI=1S/C16H23NO.2ClH.Zr/c1-12-8-13(2)16(18)15(9-12)11-17-10-14-6-4-3-5-7-14;;;/h8-9,11,14,18H,3-7,10H2,1-2H3;2*1H;/q;;;+2/p-2. The molecule has 0 radical (unpaired) electrons. The van der Waals surface area contributed by atoms with Crippen LogP contribution < -0.4 is 0 Å². The van der Waals surface area contributed by atoms with Gasteiger partial charge in [-0.05, 0) is 49.8 Å². The summed E-state index contributed by atoms with van der Waals surface area (Å²) in [5.41, 5.74) is 2.95. The van der Waals surface area contributed by atoms with Gasteiger partial charge in [0.05, 0.1) is 0 Å². The second kappa shape index (κ2) is 10.8. The van der Waals surface area contributed by atoms with Gasteiger partial charge >= 0.3 is 37.9 Å². The minimum absolute atomic E-state index is 0.369. The van der Waals surface area contributed by atoms with Crippen LogP contribution in [0.2, 0.25) is 0 Å². The SMILES string of the molecule is Cc1cc(C)c(O)c(C=NCC2CCCCC2)c1.[Cl][Zr][Cl]. The number of halogens is 2. The molecular formula is C16H23Cl2NOZr. The minimum atomic E-state index is -0.826. The van der Waals surface area contributed by atoms with Gasteiger partial charge in [-0.2, -0.15) is 0 Å². The van der Waals surface area contributed by atoms with Gasteiger partial charge in [0.15, 0.2) is 0 Å². The Labute approximate surface area is 146 Å². The molecule has 1 fully saturated rings. The molecule has 0 heterocycles. The van der Waals surface area contributed by atoms with Crippen LogP contribution in [0.15, 0.2) is 17.1 Å². The Bertz CT molecular complexity index is 460. The summed E-state index contributed by atoms with van der Waals surface area (Å²) in [6.45, 7) is 4.89. The first kappa shape index (κ1) is 19.2. The van der Waals surface area contributed by atoms with Crippen LogP contribution in [0.3, 0.4) is 0 Å². The molecule has 0 bridgehead atoms. The monoisotopic (exact) mass is 405 g/mol. The molecular weight excluding hydrogens is 384 g/mol. The molecule has 1 N–H and O–H groups in total. The van der Waals surface area contributed by atoms with E-state index in [0.717, 1.165) is 23.6 Å². The van der Waals surface area contributed by atoms with Gasteiger partial charge in [-0.3, -0.25) is 4.99 Å². The van der Waals surface area contributed by atoms with Gasteiger partial charge in [0.25, 0.3) is 0 Å². The van der Waals surface area contributed by atoms with Crippen molar-refractivity contribution in [3.8, 4) is 5.75 Å². The second-order valence-electron chi connectivity index (χ2n) is 5.59. The molecule has 1 saturated carbocycles. The number of hydrogen-bond acceptors (Lipinski definition) is 2. The Balaban J connectivity index is 0.000000677. The summed E-state index contributed by atoms with van der Waals surface area (Å²) >= 11 is -0.826. The van der Waals surface area contributed by atoms with Crippen molar-refractivity contribution in [1.29, 1.82) is 0 Å². The molecule has 1 aromatic carbocycles. The molecule has 1 aliphatic rings. The zero-order chi connectivity index (χ0) is 15.7. The van der Waals surface area contributed by atoms with E-state index in [1.807, 2.05) is 32.2 Å². The van der Waals surface area contributed by atoms with Crippen molar-refractivity contribution in [3.05, 3.63) is 28.8 Å². The number of hydrogen-bond donors (Lipinski definition) is 1. The van der Waals surface area contributed by atoms with Crippen molar-refractivity contribution in [1.82, 2.24) is 0 Å². The second-order valence-corrected chi connectivity index (χ2v) is 9.32. The number of aromatic hydroxyl groups is 1. The van der Waals surface area contributed by atoms with Crippen LogP contribution in [0.4, 0.5) is 0 Å². The van der Waals surface area contributed by atoms with Crippen molar-refractivity contribution in [2.75, 3.05) is 6.54 Å². The van der Waals surface area contributed by atoms with E-state index in [-0.39, 0.29) is 0 Å². The summed E-state index contributed by atoms with van der Waals surface area (Å²) in [7, 11) is 9.87. The molecule has 0 aliphatic heterocycles. The van der Waals surface area contributed by atoms with E-state index in [4.69, 9.17) is 17.0 Å². The zero-order valence-corrected chi connectivity index (χ0v) is 16.7. The summed E-state index contributed by atoms with van der Waals surface area (Å²) < 4.78 is 0. The molecule has 0 spiro atoms. The van der Waals surface area contributed by atoms with E-state index in [1.54, 1.807) is 0 Å². The van der Waals surface area contributed by atoms with Gasteiger partial charge in [-0.15, -0.1) is 0 Å². The molecule has 0 aromatic heterocycles. The van der Waals surface area contributed by atoms with Crippen molar-refractivity contribution in [2.45, 2.75) is 46.0 Å². The number of aryl methyl sites for hydroxylation is 2. The predicted molar refractivity (Wildman–Crippen MR) is 88.3 cm³/mol. The van der Waals surface area contributed by atoms with Crippen LogP contribution in [0, 0.1) is 19.8 Å². The van der Waals surface area contributed by atoms with E-state index in [2.05, 4.69) is 4.99 Å². The topological polar surface area (TPSA) is 32.6 Å². The number of aliphatic imine (C=N–C) groups is 1. The molecule has 21 heavy (non-hydrogen) atoms. The van der Waals surface area contributed by atoms with Gasteiger partial charge in [-0.25, -0.2) is 0 Å². The van der Waals surface area contributed by atoms with Gasteiger partial charge in [0.2, 0.25) is 0 Å². The molecule has 0 amide bonds. The molecule has 0 saturated heterocycles. The van der Waals surface area contributed by atoms with Gasteiger partial charge in [0.1, 0.15) is 5.75 Å². The van der Waals surface area contributed by atoms with Crippen LogP contribution in [0.5, 0.6) is 5.75 Å². The van der Waals surface area contributed by atoms with Crippen LogP contribution in [-0.4, -0.2) is 17.9 Å². The first-order valence-corrected chi connectivity index (χ1v) is 13.7. The maximum atomic E-state index is 9.97. The fourth-order valence-electron chi connectivity index (χ4n) is 2.76. The summed E-state index contributed by atoms with van der Waals surface area (Å²) in [5, 5.41) is 9.97. The maximum absolute atomic E-state index is 9.97. The van der Waals surface area contributed by atoms with Crippen LogP contribution in [0.25, 0.3) is 0 Å². The van der Waals surface area contributed by atoms with E-state index in [1.165, 1.54) is 37.7 Å². The molecule has 116 valence electrons. The summed E-state index contributed by atoms with van der Waals surface area (Å²) in [4.78, 5) is 4.52. The quantitative estimate of drug-likeness (QED) is 0.670. The molecule has 0 atom stereocenters. The van der Waals surface area contributed by atoms with Crippen molar-refractivity contribution in [2.24, 2.45) is 10.9 Å². The number of nitrogens with zero attached hydrogens (tertiary/aromatic N) is 1. The predicted octanol–water partition coefficient (Wildman–Crippen LogP) is 5.38. The zero-order valence-electron chi connectivity index (χ0n) is 12.7. The Morgan fingerprint density at radius 3 is 2.48 bits per heavy atom. The molecule has 5 heteroatoms. The van der Waals surface area contributed by atoms with Crippen molar-refractivity contribution >= 4 is 23.2 Å².